The topological polar surface area (TPSA) is 21.7 Å². The van der Waals surface area contributed by atoms with Gasteiger partial charge in [0.2, 0.25) is 0 Å². The van der Waals surface area contributed by atoms with Crippen molar-refractivity contribution in [3.8, 4) is 11.5 Å². The van der Waals surface area contributed by atoms with Gasteiger partial charge in [-0.1, -0.05) is 19.9 Å². The lowest BCUT2D eigenvalue weighted by molar-refractivity contribution is 0.208. The molecular weight excluding hydrogens is 250 g/mol. The van der Waals surface area contributed by atoms with Gasteiger partial charge in [-0.15, -0.1) is 0 Å². The van der Waals surface area contributed by atoms with Crippen LogP contribution in [0.2, 0.25) is 0 Å². The minimum Gasteiger partial charge on any atom is -0.493 e. The number of ether oxygens (including phenoxy) is 2. The van der Waals surface area contributed by atoms with Crippen molar-refractivity contribution in [1.82, 2.24) is 4.90 Å². The lowest BCUT2D eigenvalue weighted by Crippen LogP contribution is -2.35. The van der Waals surface area contributed by atoms with Crippen LogP contribution in [-0.2, 0) is 6.42 Å². The van der Waals surface area contributed by atoms with E-state index in [-0.39, 0.29) is 0 Å². The summed E-state index contributed by atoms with van der Waals surface area (Å²) >= 11 is 0. The molecule has 0 fully saturated rings. The molecule has 0 aliphatic rings. The SMILES string of the molecule is CCCN(CCC)[C@@H](C)Cc1ccc(OC)c(OC)c1. The Labute approximate surface area is 123 Å². The van der Waals surface area contributed by atoms with Crippen molar-refractivity contribution in [2.45, 2.75) is 46.1 Å². The zero-order valence-corrected chi connectivity index (χ0v) is 13.6. The summed E-state index contributed by atoms with van der Waals surface area (Å²) in [5.41, 5.74) is 1.30. The monoisotopic (exact) mass is 279 g/mol. The molecule has 1 rings (SSSR count). The van der Waals surface area contributed by atoms with Gasteiger partial charge >= 0.3 is 0 Å². The van der Waals surface area contributed by atoms with Gasteiger partial charge in [0.15, 0.2) is 11.5 Å². The van der Waals surface area contributed by atoms with Crippen LogP contribution in [0, 0.1) is 0 Å². The average molecular weight is 279 g/mol. The standard InChI is InChI=1S/C17H29NO2/c1-6-10-18(11-7-2)14(3)12-15-8-9-16(19-4)17(13-15)20-5/h8-9,13-14H,6-7,10-12H2,1-5H3/t14-/m0/s1. The van der Waals surface area contributed by atoms with E-state index in [1.54, 1.807) is 14.2 Å². The van der Waals surface area contributed by atoms with Crippen molar-refractivity contribution < 1.29 is 9.47 Å². The molecule has 0 unspecified atom stereocenters. The van der Waals surface area contributed by atoms with E-state index in [1.165, 1.54) is 31.5 Å². The fourth-order valence-corrected chi connectivity index (χ4v) is 2.60. The van der Waals surface area contributed by atoms with Crippen LogP contribution in [0.1, 0.15) is 39.2 Å². The molecule has 1 aromatic rings. The zero-order chi connectivity index (χ0) is 15.0. The summed E-state index contributed by atoms with van der Waals surface area (Å²) < 4.78 is 10.7. The molecule has 0 aromatic heterocycles. The highest BCUT2D eigenvalue weighted by molar-refractivity contribution is 5.43. The summed E-state index contributed by atoms with van der Waals surface area (Å²) in [5, 5.41) is 0. The molecule has 0 saturated heterocycles. The van der Waals surface area contributed by atoms with Gasteiger partial charge in [-0.25, -0.2) is 0 Å². The van der Waals surface area contributed by atoms with E-state index >= 15 is 0 Å². The van der Waals surface area contributed by atoms with Gasteiger partial charge in [-0.3, -0.25) is 0 Å². The molecule has 0 spiro atoms. The van der Waals surface area contributed by atoms with Gasteiger partial charge in [0.05, 0.1) is 14.2 Å². The maximum Gasteiger partial charge on any atom is 0.160 e. The number of benzene rings is 1. The number of methoxy groups -OCH3 is 2. The van der Waals surface area contributed by atoms with Crippen LogP contribution in [0.25, 0.3) is 0 Å². The molecule has 1 atom stereocenters. The molecule has 0 heterocycles. The predicted molar refractivity (Wildman–Crippen MR) is 84.9 cm³/mol. The quantitative estimate of drug-likeness (QED) is 0.687. The lowest BCUT2D eigenvalue weighted by Gasteiger charge is -2.28. The van der Waals surface area contributed by atoms with Crippen molar-refractivity contribution >= 4 is 0 Å². The maximum absolute atomic E-state index is 5.38. The normalized spacial score (nSPS) is 12.5. The second kappa shape index (κ2) is 8.85. The molecule has 3 nitrogen and oxygen atoms in total. The minimum atomic E-state index is 0.549. The summed E-state index contributed by atoms with van der Waals surface area (Å²) in [4.78, 5) is 2.57. The lowest BCUT2D eigenvalue weighted by atomic mass is 10.0. The Morgan fingerprint density at radius 2 is 1.60 bits per heavy atom. The molecule has 0 saturated carbocycles. The molecule has 0 radical (unpaired) electrons. The molecular formula is C17H29NO2. The summed E-state index contributed by atoms with van der Waals surface area (Å²) in [7, 11) is 3.36. The fourth-order valence-electron chi connectivity index (χ4n) is 2.60. The van der Waals surface area contributed by atoms with Crippen LogP contribution in [0.15, 0.2) is 18.2 Å². The number of rotatable bonds is 9. The minimum absolute atomic E-state index is 0.549. The second-order valence-electron chi connectivity index (χ2n) is 5.28. The van der Waals surface area contributed by atoms with E-state index in [0.717, 1.165) is 17.9 Å². The van der Waals surface area contributed by atoms with Gasteiger partial charge in [-0.2, -0.15) is 0 Å². The van der Waals surface area contributed by atoms with E-state index in [9.17, 15) is 0 Å². The van der Waals surface area contributed by atoms with E-state index in [4.69, 9.17) is 9.47 Å². The smallest absolute Gasteiger partial charge is 0.160 e. The first kappa shape index (κ1) is 16.8. The number of nitrogens with zero attached hydrogens (tertiary/aromatic N) is 1. The predicted octanol–water partition coefficient (Wildman–Crippen LogP) is 3.76. The van der Waals surface area contributed by atoms with Crippen LogP contribution in [-0.4, -0.2) is 38.3 Å². The number of hydrogen-bond acceptors (Lipinski definition) is 3. The molecule has 0 bridgehead atoms. The van der Waals surface area contributed by atoms with Gasteiger partial charge in [-0.05, 0) is 57.0 Å². The Hall–Kier alpha value is -1.22. The number of hydrogen-bond donors (Lipinski definition) is 0. The molecule has 1 aromatic carbocycles. The van der Waals surface area contributed by atoms with Crippen LogP contribution in [0.4, 0.5) is 0 Å². The van der Waals surface area contributed by atoms with Crippen molar-refractivity contribution in [2.24, 2.45) is 0 Å². The van der Waals surface area contributed by atoms with Crippen LogP contribution in [0.3, 0.4) is 0 Å². The summed E-state index contributed by atoms with van der Waals surface area (Å²) in [5.74, 6) is 1.61. The first-order valence-electron chi connectivity index (χ1n) is 7.61. The van der Waals surface area contributed by atoms with Crippen molar-refractivity contribution in [2.75, 3.05) is 27.3 Å². The fraction of sp³-hybridized carbons (Fsp3) is 0.647. The van der Waals surface area contributed by atoms with Crippen LogP contribution >= 0.6 is 0 Å². The molecule has 3 heteroatoms. The first-order chi connectivity index (χ1) is 9.65. The highest BCUT2D eigenvalue weighted by atomic mass is 16.5. The van der Waals surface area contributed by atoms with Crippen molar-refractivity contribution in [3.63, 3.8) is 0 Å². The third-order valence-electron chi connectivity index (χ3n) is 3.62. The Morgan fingerprint density at radius 3 is 2.10 bits per heavy atom. The second-order valence-corrected chi connectivity index (χ2v) is 5.28. The zero-order valence-electron chi connectivity index (χ0n) is 13.6. The van der Waals surface area contributed by atoms with E-state index in [1.807, 2.05) is 6.07 Å². The summed E-state index contributed by atoms with van der Waals surface area (Å²) in [6, 6.07) is 6.76. The molecule has 0 N–H and O–H groups in total. The summed E-state index contributed by atoms with van der Waals surface area (Å²) in [6.07, 6.45) is 3.45. The maximum atomic E-state index is 5.38. The Morgan fingerprint density at radius 1 is 1.00 bits per heavy atom. The van der Waals surface area contributed by atoms with Gasteiger partial charge in [0, 0.05) is 6.04 Å². The van der Waals surface area contributed by atoms with Gasteiger partial charge in [0.1, 0.15) is 0 Å². The Bertz CT molecular complexity index is 387. The van der Waals surface area contributed by atoms with Crippen molar-refractivity contribution in [3.05, 3.63) is 23.8 Å². The van der Waals surface area contributed by atoms with E-state index < -0.39 is 0 Å². The van der Waals surface area contributed by atoms with E-state index in [2.05, 4.69) is 37.8 Å². The summed E-state index contributed by atoms with van der Waals surface area (Å²) in [6.45, 7) is 9.13. The highest BCUT2D eigenvalue weighted by Crippen LogP contribution is 2.28. The third kappa shape index (κ3) is 4.71. The van der Waals surface area contributed by atoms with Gasteiger partial charge < -0.3 is 14.4 Å². The third-order valence-corrected chi connectivity index (χ3v) is 3.62. The highest BCUT2D eigenvalue weighted by Gasteiger charge is 2.14. The Kier molecular flexibility index (Phi) is 7.45. The molecule has 0 aliphatic carbocycles. The van der Waals surface area contributed by atoms with Crippen LogP contribution in [0.5, 0.6) is 11.5 Å². The molecule has 0 aliphatic heterocycles. The van der Waals surface area contributed by atoms with Crippen LogP contribution < -0.4 is 9.47 Å². The largest absolute Gasteiger partial charge is 0.493 e. The van der Waals surface area contributed by atoms with Crippen molar-refractivity contribution in [1.29, 1.82) is 0 Å². The average Bonchev–Trinajstić information content (AvgIpc) is 2.46. The van der Waals surface area contributed by atoms with Gasteiger partial charge in [0.25, 0.3) is 0 Å². The molecule has 114 valence electrons. The molecule has 0 amide bonds. The first-order valence-corrected chi connectivity index (χ1v) is 7.61. The Balaban J connectivity index is 2.75. The van der Waals surface area contributed by atoms with E-state index in [0.29, 0.717) is 6.04 Å². The molecule has 20 heavy (non-hydrogen) atoms.